The molecule has 3 unspecified atom stereocenters. The molecule has 0 amide bonds. The average Bonchev–Trinajstić information content (AvgIpc) is 3.33. The van der Waals surface area contributed by atoms with Crippen LogP contribution < -0.4 is 10.6 Å². The Morgan fingerprint density at radius 1 is 1.31 bits per heavy atom. The van der Waals surface area contributed by atoms with Crippen molar-refractivity contribution in [2.75, 3.05) is 13.1 Å². The SMILES string of the molecule is CCNC(=NCC1CC1c1ccccc1)NC1CCCn2nc(C)nc21. The Morgan fingerprint density at radius 2 is 2.15 bits per heavy atom. The number of benzene rings is 1. The molecular weight excluding hydrogens is 324 g/mol. The van der Waals surface area contributed by atoms with Crippen LogP contribution in [0.25, 0.3) is 0 Å². The maximum absolute atomic E-state index is 4.86. The molecule has 0 saturated heterocycles. The lowest BCUT2D eigenvalue weighted by molar-refractivity contribution is 0.397. The molecule has 138 valence electrons. The minimum Gasteiger partial charge on any atom is -0.357 e. The maximum Gasteiger partial charge on any atom is 0.191 e. The first-order chi connectivity index (χ1) is 12.7. The molecule has 2 aliphatic rings. The second-order valence-corrected chi connectivity index (χ2v) is 7.31. The van der Waals surface area contributed by atoms with E-state index in [-0.39, 0.29) is 6.04 Å². The highest BCUT2D eigenvalue weighted by atomic mass is 15.4. The third-order valence-electron chi connectivity index (χ3n) is 5.27. The van der Waals surface area contributed by atoms with Gasteiger partial charge >= 0.3 is 0 Å². The van der Waals surface area contributed by atoms with Crippen LogP contribution in [0.5, 0.6) is 0 Å². The Balaban J connectivity index is 1.40. The normalized spacial score (nSPS) is 24.8. The van der Waals surface area contributed by atoms with Crippen molar-refractivity contribution in [3.8, 4) is 0 Å². The smallest absolute Gasteiger partial charge is 0.191 e. The Hall–Kier alpha value is -2.37. The predicted octanol–water partition coefficient (Wildman–Crippen LogP) is 2.78. The van der Waals surface area contributed by atoms with Crippen molar-refractivity contribution >= 4 is 5.96 Å². The zero-order valence-corrected chi connectivity index (χ0v) is 15.7. The van der Waals surface area contributed by atoms with Gasteiger partial charge in [0, 0.05) is 19.6 Å². The van der Waals surface area contributed by atoms with Gasteiger partial charge in [0.1, 0.15) is 11.6 Å². The van der Waals surface area contributed by atoms with E-state index in [2.05, 4.69) is 58.0 Å². The van der Waals surface area contributed by atoms with Crippen molar-refractivity contribution in [3.05, 3.63) is 47.5 Å². The van der Waals surface area contributed by atoms with Crippen molar-refractivity contribution in [2.45, 2.75) is 51.6 Å². The molecule has 6 nitrogen and oxygen atoms in total. The molecule has 3 atom stereocenters. The molecule has 6 heteroatoms. The highest BCUT2D eigenvalue weighted by Gasteiger charge is 2.37. The number of nitrogens with one attached hydrogen (secondary N) is 2. The van der Waals surface area contributed by atoms with Gasteiger partial charge in [-0.25, -0.2) is 9.67 Å². The maximum atomic E-state index is 4.86. The molecule has 1 aliphatic heterocycles. The summed E-state index contributed by atoms with van der Waals surface area (Å²) in [4.78, 5) is 9.47. The van der Waals surface area contributed by atoms with Crippen LogP contribution in [0.3, 0.4) is 0 Å². The van der Waals surface area contributed by atoms with Gasteiger partial charge in [-0.1, -0.05) is 30.3 Å². The van der Waals surface area contributed by atoms with Gasteiger partial charge in [0.25, 0.3) is 0 Å². The van der Waals surface area contributed by atoms with Gasteiger partial charge in [-0.2, -0.15) is 5.10 Å². The summed E-state index contributed by atoms with van der Waals surface area (Å²) in [6.45, 7) is 6.75. The van der Waals surface area contributed by atoms with Gasteiger partial charge in [-0.15, -0.1) is 0 Å². The number of nitrogens with zero attached hydrogens (tertiary/aromatic N) is 4. The first kappa shape index (κ1) is 17.1. The monoisotopic (exact) mass is 352 g/mol. The van der Waals surface area contributed by atoms with E-state index in [0.29, 0.717) is 11.8 Å². The van der Waals surface area contributed by atoms with Crippen LogP contribution >= 0.6 is 0 Å². The van der Waals surface area contributed by atoms with E-state index in [9.17, 15) is 0 Å². The number of rotatable bonds is 5. The average molecular weight is 352 g/mol. The molecule has 0 radical (unpaired) electrons. The molecule has 2 N–H and O–H groups in total. The number of hydrogen-bond donors (Lipinski definition) is 2. The molecule has 26 heavy (non-hydrogen) atoms. The predicted molar refractivity (Wildman–Crippen MR) is 103 cm³/mol. The lowest BCUT2D eigenvalue weighted by Gasteiger charge is -2.25. The van der Waals surface area contributed by atoms with E-state index in [0.717, 1.165) is 50.1 Å². The van der Waals surface area contributed by atoms with Crippen LogP contribution in [-0.2, 0) is 6.54 Å². The quantitative estimate of drug-likeness (QED) is 0.641. The van der Waals surface area contributed by atoms with Crippen LogP contribution in [0.15, 0.2) is 35.3 Å². The molecular formula is C20H28N6. The van der Waals surface area contributed by atoms with Gasteiger partial charge in [-0.3, -0.25) is 4.99 Å². The minimum atomic E-state index is 0.187. The van der Waals surface area contributed by atoms with Gasteiger partial charge in [0.05, 0.1) is 6.04 Å². The van der Waals surface area contributed by atoms with E-state index in [1.165, 1.54) is 12.0 Å². The molecule has 0 spiro atoms. The number of fused-ring (bicyclic) bond motifs is 1. The van der Waals surface area contributed by atoms with Crippen LogP contribution in [0.4, 0.5) is 0 Å². The Labute approximate surface area is 155 Å². The van der Waals surface area contributed by atoms with E-state index >= 15 is 0 Å². The van der Waals surface area contributed by atoms with Crippen molar-refractivity contribution in [2.24, 2.45) is 10.9 Å². The zero-order chi connectivity index (χ0) is 17.9. The molecule has 1 fully saturated rings. The second kappa shape index (κ2) is 7.48. The van der Waals surface area contributed by atoms with E-state index in [1.807, 2.05) is 11.6 Å². The number of aromatic nitrogens is 3. The fourth-order valence-electron chi connectivity index (χ4n) is 3.86. The zero-order valence-electron chi connectivity index (χ0n) is 15.7. The highest BCUT2D eigenvalue weighted by molar-refractivity contribution is 5.80. The second-order valence-electron chi connectivity index (χ2n) is 7.31. The first-order valence-corrected chi connectivity index (χ1v) is 9.75. The van der Waals surface area contributed by atoms with Crippen LogP contribution in [0.1, 0.15) is 55.4 Å². The van der Waals surface area contributed by atoms with E-state index < -0.39 is 0 Å². The fraction of sp³-hybridized carbons (Fsp3) is 0.550. The van der Waals surface area contributed by atoms with Crippen molar-refractivity contribution in [1.29, 1.82) is 0 Å². The largest absolute Gasteiger partial charge is 0.357 e. The molecule has 1 aromatic heterocycles. The van der Waals surface area contributed by atoms with E-state index in [4.69, 9.17) is 4.99 Å². The van der Waals surface area contributed by atoms with Crippen molar-refractivity contribution in [3.63, 3.8) is 0 Å². The summed E-state index contributed by atoms with van der Waals surface area (Å²) in [6.07, 6.45) is 3.42. The summed E-state index contributed by atoms with van der Waals surface area (Å²) in [5, 5.41) is 11.5. The highest BCUT2D eigenvalue weighted by Crippen LogP contribution is 2.47. The molecule has 1 saturated carbocycles. The summed E-state index contributed by atoms with van der Waals surface area (Å²) in [5.41, 5.74) is 1.45. The van der Waals surface area contributed by atoms with E-state index in [1.54, 1.807) is 0 Å². The molecule has 1 aliphatic carbocycles. The first-order valence-electron chi connectivity index (χ1n) is 9.75. The molecule has 2 heterocycles. The summed E-state index contributed by atoms with van der Waals surface area (Å²) in [6, 6.07) is 11.0. The molecule has 4 rings (SSSR count). The number of guanidine groups is 1. The van der Waals surface area contributed by atoms with Gasteiger partial charge in [0.2, 0.25) is 0 Å². The van der Waals surface area contributed by atoms with Crippen LogP contribution in [0.2, 0.25) is 0 Å². The van der Waals surface area contributed by atoms with Gasteiger partial charge < -0.3 is 10.6 Å². The topological polar surface area (TPSA) is 67.1 Å². The Morgan fingerprint density at radius 3 is 2.96 bits per heavy atom. The van der Waals surface area contributed by atoms with Crippen LogP contribution in [-0.4, -0.2) is 33.8 Å². The number of hydrogen-bond acceptors (Lipinski definition) is 3. The molecule has 0 bridgehead atoms. The minimum absolute atomic E-state index is 0.187. The summed E-state index contributed by atoms with van der Waals surface area (Å²) in [5.74, 6) is 4.10. The van der Waals surface area contributed by atoms with Gasteiger partial charge in [-0.05, 0) is 50.5 Å². The van der Waals surface area contributed by atoms with Crippen molar-refractivity contribution in [1.82, 2.24) is 25.4 Å². The fourth-order valence-corrected chi connectivity index (χ4v) is 3.86. The standard InChI is InChI=1S/C20H28N6/c1-3-21-20(22-13-16-12-17(16)15-8-5-4-6-9-15)24-18-10-7-11-26-19(18)23-14(2)25-26/h4-6,8-9,16-18H,3,7,10-13H2,1-2H3,(H2,21,22,24). The molecule has 2 aromatic rings. The number of aryl methyl sites for hydroxylation is 2. The summed E-state index contributed by atoms with van der Waals surface area (Å²) in [7, 11) is 0. The number of aliphatic imine (C=N–C) groups is 1. The Kier molecular flexibility index (Phi) is 4.91. The van der Waals surface area contributed by atoms with Crippen LogP contribution in [0, 0.1) is 12.8 Å². The molecule has 1 aromatic carbocycles. The third-order valence-corrected chi connectivity index (χ3v) is 5.27. The Bertz CT molecular complexity index is 766. The van der Waals surface area contributed by atoms with Crippen molar-refractivity contribution < 1.29 is 0 Å². The summed E-state index contributed by atoms with van der Waals surface area (Å²) >= 11 is 0. The third kappa shape index (κ3) is 3.74. The van der Waals surface area contributed by atoms with Gasteiger partial charge in [0.15, 0.2) is 5.96 Å². The summed E-state index contributed by atoms with van der Waals surface area (Å²) < 4.78 is 2.03. The lowest BCUT2D eigenvalue weighted by atomic mass is 10.1. The lowest BCUT2D eigenvalue weighted by Crippen LogP contribution is -2.41.